The molecule has 0 bridgehead atoms. The van der Waals surface area contributed by atoms with Crippen molar-refractivity contribution in [1.82, 2.24) is 10.6 Å². The molecule has 0 fully saturated rings. The van der Waals surface area contributed by atoms with Gasteiger partial charge in [-0.2, -0.15) is 11.3 Å². The molecule has 0 aliphatic carbocycles. The van der Waals surface area contributed by atoms with Crippen molar-refractivity contribution in [2.45, 2.75) is 13.0 Å². The monoisotopic (exact) mass is 214 g/mol. The molecular formula is C10H18N2OS. The van der Waals surface area contributed by atoms with Crippen LogP contribution in [0.1, 0.15) is 12.0 Å². The zero-order chi connectivity index (χ0) is 10.1. The van der Waals surface area contributed by atoms with Gasteiger partial charge in [-0.1, -0.05) is 0 Å². The average molecular weight is 214 g/mol. The molecule has 0 unspecified atom stereocenters. The average Bonchev–Trinajstić information content (AvgIpc) is 2.69. The summed E-state index contributed by atoms with van der Waals surface area (Å²) < 4.78 is 0. The Balaban J connectivity index is 1.85. The van der Waals surface area contributed by atoms with Gasteiger partial charge in [0, 0.05) is 13.1 Å². The van der Waals surface area contributed by atoms with Crippen molar-refractivity contribution in [2.24, 2.45) is 0 Å². The van der Waals surface area contributed by atoms with Crippen molar-refractivity contribution < 1.29 is 5.11 Å². The number of hydrogen-bond donors (Lipinski definition) is 3. The van der Waals surface area contributed by atoms with Gasteiger partial charge in [-0.3, -0.25) is 0 Å². The van der Waals surface area contributed by atoms with E-state index in [4.69, 9.17) is 5.11 Å². The molecule has 3 nitrogen and oxygen atoms in total. The minimum Gasteiger partial charge on any atom is -0.395 e. The summed E-state index contributed by atoms with van der Waals surface area (Å²) in [5, 5.41) is 19.3. The van der Waals surface area contributed by atoms with Crippen LogP contribution in [-0.2, 0) is 6.54 Å². The van der Waals surface area contributed by atoms with E-state index in [1.807, 2.05) is 0 Å². The lowest BCUT2D eigenvalue weighted by atomic mass is 10.3. The zero-order valence-electron chi connectivity index (χ0n) is 8.33. The van der Waals surface area contributed by atoms with Crippen molar-refractivity contribution >= 4 is 11.3 Å². The minimum absolute atomic E-state index is 0.225. The predicted octanol–water partition coefficient (Wildman–Crippen LogP) is 0.810. The summed E-state index contributed by atoms with van der Waals surface area (Å²) in [6.07, 6.45) is 1.10. The fraction of sp³-hybridized carbons (Fsp3) is 0.600. The molecule has 0 saturated carbocycles. The molecule has 0 aliphatic rings. The van der Waals surface area contributed by atoms with Crippen LogP contribution < -0.4 is 10.6 Å². The highest BCUT2D eigenvalue weighted by molar-refractivity contribution is 7.07. The predicted molar refractivity (Wildman–Crippen MR) is 60.6 cm³/mol. The SMILES string of the molecule is OCCNCCCNCc1ccsc1. The van der Waals surface area contributed by atoms with E-state index in [0.717, 1.165) is 26.1 Å². The quantitative estimate of drug-likeness (QED) is 0.561. The molecule has 0 spiro atoms. The Hall–Kier alpha value is -0.420. The molecular weight excluding hydrogens is 196 g/mol. The first-order valence-corrected chi connectivity index (χ1v) is 5.91. The van der Waals surface area contributed by atoms with Gasteiger partial charge < -0.3 is 15.7 Å². The van der Waals surface area contributed by atoms with Crippen LogP contribution in [0.5, 0.6) is 0 Å². The Bertz CT molecular complexity index is 214. The van der Waals surface area contributed by atoms with Gasteiger partial charge in [0.05, 0.1) is 6.61 Å². The summed E-state index contributed by atoms with van der Waals surface area (Å²) in [4.78, 5) is 0. The standard InChI is InChI=1S/C10H18N2OS/c13-6-5-11-3-1-4-12-8-10-2-7-14-9-10/h2,7,9,11-13H,1,3-6,8H2. The van der Waals surface area contributed by atoms with Crippen LogP contribution in [0.25, 0.3) is 0 Å². The van der Waals surface area contributed by atoms with E-state index < -0.39 is 0 Å². The topological polar surface area (TPSA) is 44.3 Å². The largest absolute Gasteiger partial charge is 0.395 e. The molecule has 1 aromatic heterocycles. The highest BCUT2D eigenvalue weighted by Gasteiger charge is 1.91. The Morgan fingerprint density at radius 3 is 2.79 bits per heavy atom. The summed E-state index contributed by atoms with van der Waals surface area (Å²) in [5.74, 6) is 0. The molecule has 0 aromatic carbocycles. The summed E-state index contributed by atoms with van der Waals surface area (Å²) >= 11 is 1.73. The molecule has 1 aromatic rings. The van der Waals surface area contributed by atoms with E-state index in [9.17, 15) is 0 Å². The number of aliphatic hydroxyl groups is 1. The van der Waals surface area contributed by atoms with E-state index in [-0.39, 0.29) is 6.61 Å². The number of hydrogen-bond acceptors (Lipinski definition) is 4. The van der Waals surface area contributed by atoms with Crippen LogP contribution in [-0.4, -0.2) is 31.3 Å². The molecule has 4 heteroatoms. The summed E-state index contributed by atoms with van der Waals surface area (Å²) in [5.41, 5.74) is 1.36. The van der Waals surface area contributed by atoms with Gasteiger partial charge in [-0.15, -0.1) is 0 Å². The maximum absolute atomic E-state index is 8.52. The van der Waals surface area contributed by atoms with Gasteiger partial charge in [-0.05, 0) is 41.9 Å². The van der Waals surface area contributed by atoms with Crippen molar-refractivity contribution in [3.8, 4) is 0 Å². The van der Waals surface area contributed by atoms with Crippen LogP contribution in [0.3, 0.4) is 0 Å². The highest BCUT2D eigenvalue weighted by Crippen LogP contribution is 2.04. The lowest BCUT2D eigenvalue weighted by Gasteiger charge is -2.04. The molecule has 3 N–H and O–H groups in total. The molecule has 14 heavy (non-hydrogen) atoms. The van der Waals surface area contributed by atoms with Gasteiger partial charge in [0.25, 0.3) is 0 Å². The summed E-state index contributed by atoms with van der Waals surface area (Å²) in [7, 11) is 0. The fourth-order valence-electron chi connectivity index (χ4n) is 1.17. The van der Waals surface area contributed by atoms with Gasteiger partial charge >= 0.3 is 0 Å². The number of thiophene rings is 1. The van der Waals surface area contributed by atoms with Gasteiger partial charge in [-0.25, -0.2) is 0 Å². The summed E-state index contributed by atoms with van der Waals surface area (Å²) in [6, 6.07) is 2.14. The fourth-order valence-corrected chi connectivity index (χ4v) is 1.84. The van der Waals surface area contributed by atoms with E-state index >= 15 is 0 Å². The number of nitrogens with one attached hydrogen (secondary N) is 2. The van der Waals surface area contributed by atoms with E-state index in [0.29, 0.717) is 6.54 Å². The molecule has 0 saturated heterocycles. The smallest absolute Gasteiger partial charge is 0.0555 e. The van der Waals surface area contributed by atoms with Gasteiger partial charge in [0.1, 0.15) is 0 Å². The molecule has 0 amide bonds. The van der Waals surface area contributed by atoms with E-state index in [1.165, 1.54) is 5.56 Å². The van der Waals surface area contributed by atoms with Gasteiger partial charge in [0.15, 0.2) is 0 Å². The van der Waals surface area contributed by atoms with Crippen molar-refractivity contribution in [3.63, 3.8) is 0 Å². The molecule has 1 heterocycles. The number of rotatable bonds is 8. The zero-order valence-corrected chi connectivity index (χ0v) is 9.15. The third-order valence-corrected chi connectivity index (χ3v) is 2.64. The third-order valence-electron chi connectivity index (χ3n) is 1.90. The van der Waals surface area contributed by atoms with Crippen LogP contribution in [0.15, 0.2) is 16.8 Å². The molecule has 0 atom stereocenters. The van der Waals surface area contributed by atoms with Crippen molar-refractivity contribution in [2.75, 3.05) is 26.2 Å². The Labute approximate surface area is 89.2 Å². The first-order valence-electron chi connectivity index (χ1n) is 4.97. The molecule has 1 rings (SSSR count). The van der Waals surface area contributed by atoms with Crippen molar-refractivity contribution in [1.29, 1.82) is 0 Å². The minimum atomic E-state index is 0.225. The van der Waals surface area contributed by atoms with E-state index in [2.05, 4.69) is 27.5 Å². The normalized spacial score (nSPS) is 10.6. The molecule has 0 aliphatic heterocycles. The van der Waals surface area contributed by atoms with Crippen LogP contribution >= 0.6 is 11.3 Å². The highest BCUT2D eigenvalue weighted by atomic mass is 32.1. The lowest BCUT2D eigenvalue weighted by Crippen LogP contribution is -2.23. The second kappa shape index (κ2) is 7.94. The molecule has 80 valence electrons. The first kappa shape index (κ1) is 11.7. The Morgan fingerprint density at radius 2 is 2.07 bits per heavy atom. The first-order chi connectivity index (χ1) is 6.93. The summed E-state index contributed by atoms with van der Waals surface area (Å²) in [6.45, 7) is 3.88. The van der Waals surface area contributed by atoms with Gasteiger partial charge in [0.2, 0.25) is 0 Å². The molecule has 0 radical (unpaired) electrons. The second-order valence-electron chi connectivity index (χ2n) is 3.14. The maximum Gasteiger partial charge on any atom is 0.0555 e. The second-order valence-corrected chi connectivity index (χ2v) is 3.92. The lowest BCUT2D eigenvalue weighted by molar-refractivity contribution is 0.292. The maximum atomic E-state index is 8.52. The third kappa shape index (κ3) is 5.34. The Morgan fingerprint density at radius 1 is 1.21 bits per heavy atom. The van der Waals surface area contributed by atoms with Crippen LogP contribution in [0.2, 0.25) is 0 Å². The van der Waals surface area contributed by atoms with Crippen LogP contribution in [0.4, 0.5) is 0 Å². The Kier molecular flexibility index (Phi) is 6.61. The van der Waals surface area contributed by atoms with Crippen molar-refractivity contribution in [3.05, 3.63) is 22.4 Å². The number of aliphatic hydroxyl groups excluding tert-OH is 1. The van der Waals surface area contributed by atoms with Crippen LogP contribution in [0, 0.1) is 0 Å². The van der Waals surface area contributed by atoms with E-state index in [1.54, 1.807) is 11.3 Å².